The zero-order valence-electron chi connectivity index (χ0n) is 14.8. The summed E-state index contributed by atoms with van der Waals surface area (Å²) in [4.78, 5) is 26.8. The van der Waals surface area contributed by atoms with Crippen molar-refractivity contribution in [1.29, 1.82) is 5.26 Å². The molecule has 29 heavy (non-hydrogen) atoms. The number of aliphatic carboxylic acids is 1. The minimum atomic E-state index is -1.27. The molecule has 3 aromatic rings. The Balaban J connectivity index is 2.10. The molecule has 0 aliphatic carbocycles. The van der Waals surface area contributed by atoms with Crippen molar-refractivity contribution < 1.29 is 19.8 Å². The number of nitrogens with one attached hydrogen (secondary N) is 1. The summed E-state index contributed by atoms with van der Waals surface area (Å²) in [6.45, 7) is -0.321. The molecule has 0 atom stereocenters. The predicted octanol–water partition coefficient (Wildman–Crippen LogP) is 2.98. The predicted molar refractivity (Wildman–Crippen MR) is 106 cm³/mol. The van der Waals surface area contributed by atoms with Gasteiger partial charge in [-0.25, -0.2) is 4.98 Å². The molecule has 0 aliphatic heterocycles. The van der Waals surface area contributed by atoms with Crippen LogP contribution >= 0.6 is 23.2 Å². The van der Waals surface area contributed by atoms with Gasteiger partial charge in [0.1, 0.15) is 17.8 Å². The number of aryl methyl sites for hydroxylation is 2. The number of carboxylic acids is 1. The maximum Gasteiger partial charge on any atom is 0.322 e. The number of aromatic nitrogens is 2. The quantitative estimate of drug-likeness (QED) is 0.548. The molecule has 1 aromatic carbocycles. The van der Waals surface area contributed by atoms with Gasteiger partial charge in [0.05, 0.1) is 15.9 Å². The second kappa shape index (κ2) is 8.39. The highest BCUT2D eigenvalue weighted by molar-refractivity contribution is 6.46. The second-order valence-electron chi connectivity index (χ2n) is 6.06. The van der Waals surface area contributed by atoms with Crippen LogP contribution in [0.15, 0.2) is 30.3 Å². The van der Waals surface area contributed by atoms with Gasteiger partial charge in [-0.2, -0.15) is 5.26 Å². The average molecular weight is 433 g/mol. The van der Waals surface area contributed by atoms with Crippen molar-refractivity contribution >= 4 is 46.0 Å². The van der Waals surface area contributed by atoms with E-state index in [1.165, 1.54) is 0 Å². The zero-order valence-corrected chi connectivity index (χ0v) is 16.3. The number of hydrogen-bond donors (Lipinski definition) is 3. The van der Waals surface area contributed by atoms with Gasteiger partial charge in [-0.15, -0.1) is 0 Å². The molecule has 0 saturated carbocycles. The molecule has 3 N–H and O–H groups in total. The van der Waals surface area contributed by atoms with Crippen molar-refractivity contribution in [3.8, 4) is 11.8 Å². The van der Waals surface area contributed by atoms with Crippen LogP contribution in [0.1, 0.15) is 21.7 Å². The van der Waals surface area contributed by atoms with E-state index in [1.54, 1.807) is 4.57 Å². The van der Waals surface area contributed by atoms with Crippen LogP contribution in [0.4, 0.5) is 0 Å². The Morgan fingerprint density at radius 3 is 2.55 bits per heavy atom. The summed E-state index contributed by atoms with van der Waals surface area (Å²) in [6.07, 6.45) is 0.577. The highest BCUT2D eigenvalue weighted by Gasteiger charge is 2.27. The number of pyridine rings is 1. The van der Waals surface area contributed by atoms with Crippen LogP contribution < -0.4 is 5.32 Å². The van der Waals surface area contributed by atoms with Gasteiger partial charge >= 0.3 is 5.97 Å². The molecule has 0 bridgehead atoms. The van der Waals surface area contributed by atoms with Crippen LogP contribution in [0.3, 0.4) is 0 Å². The number of rotatable bonds is 6. The lowest BCUT2D eigenvalue weighted by atomic mass is 10.1. The smallest absolute Gasteiger partial charge is 0.322 e. The van der Waals surface area contributed by atoms with Crippen LogP contribution in [-0.4, -0.2) is 38.2 Å². The van der Waals surface area contributed by atoms with Gasteiger partial charge in [0.2, 0.25) is 0 Å². The Kier molecular flexibility index (Phi) is 5.92. The van der Waals surface area contributed by atoms with E-state index in [-0.39, 0.29) is 26.8 Å². The van der Waals surface area contributed by atoms with Crippen molar-refractivity contribution in [2.75, 3.05) is 6.54 Å². The monoisotopic (exact) mass is 432 g/mol. The number of carboxylic acid groups (broad SMARTS) is 1. The molecule has 0 unspecified atom stereocenters. The van der Waals surface area contributed by atoms with E-state index in [2.05, 4.69) is 10.3 Å². The Morgan fingerprint density at radius 1 is 1.24 bits per heavy atom. The van der Waals surface area contributed by atoms with E-state index in [0.29, 0.717) is 13.0 Å². The van der Waals surface area contributed by atoms with Crippen LogP contribution in [0.2, 0.25) is 10.2 Å². The Hall–Kier alpha value is -3.28. The molecule has 148 valence electrons. The summed E-state index contributed by atoms with van der Waals surface area (Å²) in [5.74, 6) is -2.80. The normalized spacial score (nSPS) is 10.7. The second-order valence-corrected chi connectivity index (χ2v) is 6.80. The first-order chi connectivity index (χ1) is 13.8. The lowest BCUT2D eigenvalue weighted by Gasteiger charge is -2.10. The number of nitriles is 1. The topological polar surface area (TPSA) is 128 Å². The molecular weight excluding hydrogens is 419 g/mol. The first-order valence-electron chi connectivity index (χ1n) is 8.39. The molecule has 10 heteroatoms. The number of amides is 1. The van der Waals surface area contributed by atoms with Gasteiger partial charge < -0.3 is 20.1 Å². The largest absolute Gasteiger partial charge is 0.505 e. The molecule has 8 nitrogen and oxygen atoms in total. The van der Waals surface area contributed by atoms with E-state index in [0.717, 1.165) is 5.56 Å². The lowest BCUT2D eigenvalue weighted by Crippen LogP contribution is -2.30. The number of carbonyl (C=O) groups excluding carboxylic acids is 1. The molecular formula is C19H14Cl2N4O4. The Morgan fingerprint density at radius 2 is 1.93 bits per heavy atom. The first-order valence-corrected chi connectivity index (χ1v) is 9.14. The van der Waals surface area contributed by atoms with Gasteiger partial charge in [0.25, 0.3) is 5.91 Å². The molecule has 1 amide bonds. The van der Waals surface area contributed by atoms with E-state index in [1.807, 2.05) is 36.4 Å². The summed E-state index contributed by atoms with van der Waals surface area (Å²) >= 11 is 12.6. The maximum absolute atomic E-state index is 12.2. The fourth-order valence-corrected chi connectivity index (χ4v) is 3.47. The number of fused-ring (bicyclic) bond motifs is 1. The van der Waals surface area contributed by atoms with Gasteiger partial charge in [-0.3, -0.25) is 9.59 Å². The van der Waals surface area contributed by atoms with E-state index >= 15 is 0 Å². The van der Waals surface area contributed by atoms with Crippen LogP contribution in [0.25, 0.3) is 10.9 Å². The SMILES string of the molecule is N#Cc1nc(C(=O)NCC(=O)O)c(O)c2c(Cl)c(Cl)n(CCc3ccccc3)c12. The molecule has 0 fully saturated rings. The molecule has 0 radical (unpaired) electrons. The Bertz CT molecular complexity index is 1150. The summed E-state index contributed by atoms with van der Waals surface area (Å²) in [5, 5.41) is 31.0. The van der Waals surface area contributed by atoms with Crippen molar-refractivity contribution in [2.24, 2.45) is 0 Å². The fraction of sp³-hybridized carbons (Fsp3) is 0.158. The number of halogens is 2. The minimum Gasteiger partial charge on any atom is -0.505 e. The van der Waals surface area contributed by atoms with Crippen molar-refractivity contribution in [1.82, 2.24) is 14.9 Å². The molecule has 0 spiro atoms. The third-order valence-electron chi connectivity index (χ3n) is 4.24. The number of hydrogen-bond acceptors (Lipinski definition) is 5. The van der Waals surface area contributed by atoms with E-state index in [9.17, 15) is 20.0 Å². The van der Waals surface area contributed by atoms with Gasteiger partial charge in [0, 0.05) is 6.54 Å². The molecule has 0 aliphatic rings. The number of carbonyl (C=O) groups is 2. The van der Waals surface area contributed by atoms with Crippen LogP contribution in [0.5, 0.6) is 5.75 Å². The standard InChI is InChI=1S/C19H14Cl2N4O4/c20-14-13-16(25(18(14)21)7-6-10-4-2-1-3-5-10)11(8-22)24-15(17(13)28)19(29)23-9-12(26)27/h1-5,28H,6-7,9H2,(H,23,29)(H,26,27). The lowest BCUT2D eigenvalue weighted by molar-refractivity contribution is -0.135. The summed E-state index contributed by atoms with van der Waals surface area (Å²) in [7, 11) is 0. The van der Waals surface area contributed by atoms with Crippen LogP contribution in [-0.2, 0) is 17.8 Å². The zero-order chi connectivity index (χ0) is 21.1. The molecule has 3 rings (SSSR count). The highest BCUT2D eigenvalue weighted by Crippen LogP contribution is 2.41. The van der Waals surface area contributed by atoms with Gasteiger partial charge in [-0.1, -0.05) is 53.5 Å². The van der Waals surface area contributed by atoms with Crippen LogP contribution in [0, 0.1) is 11.3 Å². The molecule has 0 saturated heterocycles. The summed E-state index contributed by atoms with van der Waals surface area (Å²) in [5.41, 5.74) is 0.557. The first kappa shape index (κ1) is 20.5. The number of aromatic hydroxyl groups is 1. The Labute approximate surface area is 174 Å². The van der Waals surface area contributed by atoms with Crippen molar-refractivity contribution in [2.45, 2.75) is 13.0 Å². The average Bonchev–Trinajstić information content (AvgIpc) is 2.97. The summed E-state index contributed by atoms with van der Waals surface area (Å²) < 4.78 is 1.55. The van der Waals surface area contributed by atoms with Crippen molar-refractivity contribution in [3.63, 3.8) is 0 Å². The molecule has 2 heterocycles. The van der Waals surface area contributed by atoms with Gasteiger partial charge in [-0.05, 0) is 12.0 Å². The van der Waals surface area contributed by atoms with E-state index < -0.39 is 29.9 Å². The fourth-order valence-electron chi connectivity index (χ4n) is 2.93. The minimum absolute atomic E-state index is 0.0109. The highest BCUT2D eigenvalue weighted by atomic mass is 35.5. The molecule has 2 aromatic heterocycles. The van der Waals surface area contributed by atoms with E-state index in [4.69, 9.17) is 28.3 Å². The number of benzene rings is 1. The third-order valence-corrected chi connectivity index (χ3v) is 5.10. The van der Waals surface area contributed by atoms with Crippen molar-refractivity contribution in [3.05, 3.63) is 57.5 Å². The maximum atomic E-state index is 12.2. The third kappa shape index (κ3) is 3.97. The number of nitrogens with zero attached hydrogens (tertiary/aromatic N) is 3. The van der Waals surface area contributed by atoms with Gasteiger partial charge in [0.15, 0.2) is 17.1 Å². The summed E-state index contributed by atoms with van der Waals surface area (Å²) in [6, 6.07) is 11.4.